The van der Waals surface area contributed by atoms with Crippen LogP contribution in [0.3, 0.4) is 0 Å². The molecule has 0 heterocycles. The first-order chi connectivity index (χ1) is 11.1. The number of hydrogen-bond donors (Lipinski definition) is 0. The fraction of sp³-hybridized carbons (Fsp3) is 0.667. The van der Waals surface area contributed by atoms with Crippen LogP contribution in [0.2, 0.25) is 0 Å². The zero-order valence-electron chi connectivity index (χ0n) is 15.5. The number of rotatable bonds is 11. The molecule has 1 rings (SSSR count). The van der Waals surface area contributed by atoms with Crippen molar-refractivity contribution in [3.05, 3.63) is 29.8 Å². The minimum Gasteiger partial charge on any atom is -0.427 e. The van der Waals surface area contributed by atoms with Crippen LogP contribution in [0.15, 0.2) is 24.3 Å². The quantitative estimate of drug-likeness (QED) is 0.347. The zero-order valence-corrected chi connectivity index (χ0v) is 15.5. The van der Waals surface area contributed by atoms with Gasteiger partial charge in [-0.1, -0.05) is 71.4 Å². The van der Waals surface area contributed by atoms with Crippen molar-refractivity contribution in [3.8, 4) is 5.75 Å². The Morgan fingerprint density at radius 3 is 1.65 bits per heavy atom. The summed E-state index contributed by atoms with van der Waals surface area (Å²) in [5.74, 6) is 0.392. The average Bonchev–Trinajstić information content (AvgIpc) is 2.55. The molecule has 1 aromatic carbocycles. The van der Waals surface area contributed by atoms with Crippen molar-refractivity contribution >= 4 is 5.97 Å². The normalized spacial score (nSPS) is 11.5. The largest absolute Gasteiger partial charge is 0.427 e. The third kappa shape index (κ3) is 6.37. The first-order valence-corrected chi connectivity index (χ1v) is 9.37. The van der Waals surface area contributed by atoms with Gasteiger partial charge in [-0.2, -0.15) is 0 Å². The first-order valence-electron chi connectivity index (χ1n) is 9.37. The molecule has 0 saturated heterocycles. The highest BCUT2D eigenvalue weighted by Gasteiger charge is 2.30. The molecule has 0 atom stereocenters. The molecule has 0 saturated carbocycles. The Balaban J connectivity index is 3.04. The Morgan fingerprint density at radius 2 is 1.30 bits per heavy atom. The van der Waals surface area contributed by atoms with E-state index in [2.05, 4.69) is 32.9 Å². The smallest absolute Gasteiger partial charge is 0.308 e. The molecule has 0 fully saturated rings. The molecule has 0 spiro atoms. The van der Waals surface area contributed by atoms with E-state index in [9.17, 15) is 4.79 Å². The highest BCUT2D eigenvalue weighted by atomic mass is 16.5. The fourth-order valence-electron chi connectivity index (χ4n) is 3.40. The maximum absolute atomic E-state index is 11.1. The molecule has 2 nitrogen and oxygen atoms in total. The van der Waals surface area contributed by atoms with Gasteiger partial charge in [-0.05, 0) is 42.4 Å². The summed E-state index contributed by atoms with van der Waals surface area (Å²) in [5, 5.41) is 0. The van der Waals surface area contributed by atoms with Gasteiger partial charge < -0.3 is 4.74 Å². The van der Waals surface area contributed by atoms with Crippen LogP contribution < -0.4 is 4.74 Å². The summed E-state index contributed by atoms with van der Waals surface area (Å²) in [5.41, 5.74) is 1.71. The van der Waals surface area contributed by atoms with Gasteiger partial charge >= 0.3 is 5.97 Å². The maximum Gasteiger partial charge on any atom is 0.308 e. The van der Waals surface area contributed by atoms with Crippen LogP contribution in [0.5, 0.6) is 5.75 Å². The number of hydrogen-bond acceptors (Lipinski definition) is 2. The van der Waals surface area contributed by atoms with Crippen LogP contribution in [0.25, 0.3) is 0 Å². The monoisotopic (exact) mass is 318 g/mol. The third-order valence-electron chi connectivity index (χ3n) is 4.75. The SMILES string of the molecule is CCCCC(CCCC)(CCCC)c1ccc(OC(C)=O)cc1. The summed E-state index contributed by atoms with van der Waals surface area (Å²) in [6, 6.07) is 8.27. The van der Waals surface area contributed by atoms with Crippen LogP contribution >= 0.6 is 0 Å². The topological polar surface area (TPSA) is 26.3 Å². The van der Waals surface area contributed by atoms with Crippen LogP contribution in [0.1, 0.15) is 91.0 Å². The molecule has 2 heteroatoms. The van der Waals surface area contributed by atoms with Crippen LogP contribution in [-0.2, 0) is 10.2 Å². The van der Waals surface area contributed by atoms with Gasteiger partial charge in [0.05, 0.1) is 0 Å². The van der Waals surface area contributed by atoms with Crippen molar-refractivity contribution in [2.75, 3.05) is 0 Å². The summed E-state index contributed by atoms with van der Waals surface area (Å²) in [4.78, 5) is 11.1. The minimum absolute atomic E-state index is 0.257. The Labute approximate surface area is 142 Å². The van der Waals surface area contributed by atoms with Gasteiger partial charge in [0.1, 0.15) is 5.75 Å². The lowest BCUT2D eigenvalue weighted by atomic mass is 9.69. The van der Waals surface area contributed by atoms with E-state index in [4.69, 9.17) is 4.74 Å². The van der Waals surface area contributed by atoms with E-state index in [-0.39, 0.29) is 11.4 Å². The van der Waals surface area contributed by atoms with Crippen molar-refractivity contribution < 1.29 is 9.53 Å². The van der Waals surface area contributed by atoms with Gasteiger partial charge in [-0.25, -0.2) is 0 Å². The molecular formula is C21H34O2. The number of esters is 1. The summed E-state index contributed by atoms with van der Waals surface area (Å²) >= 11 is 0. The van der Waals surface area contributed by atoms with Gasteiger partial charge in [0.25, 0.3) is 0 Å². The second-order valence-electron chi connectivity index (χ2n) is 6.71. The highest BCUT2D eigenvalue weighted by molar-refractivity contribution is 5.69. The Bertz CT molecular complexity index is 426. The van der Waals surface area contributed by atoms with Gasteiger partial charge in [0.15, 0.2) is 0 Å². The number of unbranched alkanes of at least 4 members (excludes halogenated alkanes) is 3. The van der Waals surface area contributed by atoms with E-state index < -0.39 is 0 Å². The van der Waals surface area contributed by atoms with Crippen molar-refractivity contribution in [2.24, 2.45) is 0 Å². The lowest BCUT2D eigenvalue weighted by Gasteiger charge is -2.35. The molecule has 0 aliphatic heterocycles. The predicted octanol–water partition coefficient (Wildman–Crippen LogP) is 6.42. The number of benzene rings is 1. The van der Waals surface area contributed by atoms with Crippen LogP contribution in [0, 0.1) is 0 Å². The molecule has 1 aromatic rings. The summed E-state index contributed by atoms with van der Waals surface area (Å²) in [6.45, 7) is 8.26. The second-order valence-corrected chi connectivity index (χ2v) is 6.71. The highest BCUT2D eigenvalue weighted by Crippen LogP contribution is 2.40. The Kier molecular flexibility index (Phi) is 8.98. The van der Waals surface area contributed by atoms with E-state index in [0.717, 1.165) is 0 Å². The Morgan fingerprint density at radius 1 is 0.870 bits per heavy atom. The molecule has 0 aromatic heterocycles. The van der Waals surface area contributed by atoms with Crippen LogP contribution in [0.4, 0.5) is 0 Å². The van der Waals surface area contributed by atoms with Gasteiger partial charge in [-0.3, -0.25) is 4.79 Å². The minimum atomic E-state index is -0.257. The van der Waals surface area contributed by atoms with E-state index in [1.54, 1.807) is 0 Å². The van der Waals surface area contributed by atoms with Crippen molar-refractivity contribution in [1.82, 2.24) is 0 Å². The lowest BCUT2D eigenvalue weighted by molar-refractivity contribution is -0.131. The number of carbonyl (C=O) groups excluding carboxylic acids is 1. The molecule has 0 N–H and O–H groups in total. The molecule has 0 aliphatic carbocycles. The van der Waals surface area contributed by atoms with E-state index in [0.29, 0.717) is 5.75 Å². The third-order valence-corrected chi connectivity index (χ3v) is 4.75. The standard InChI is InChI=1S/C21H34O2/c1-5-8-15-21(16-9-6-2,17-10-7-3)19-11-13-20(14-12-19)23-18(4)22/h11-14H,5-10,15-17H2,1-4H3. The number of carbonyl (C=O) groups is 1. The summed E-state index contributed by atoms with van der Waals surface area (Å²) < 4.78 is 5.19. The van der Waals surface area contributed by atoms with E-state index in [1.807, 2.05) is 12.1 Å². The molecule has 0 radical (unpaired) electrons. The fourth-order valence-corrected chi connectivity index (χ4v) is 3.40. The van der Waals surface area contributed by atoms with E-state index >= 15 is 0 Å². The number of ether oxygens (including phenoxy) is 1. The molecule has 0 bridgehead atoms. The molecule has 0 aliphatic rings. The molecule has 0 unspecified atom stereocenters. The summed E-state index contributed by atoms with van der Waals surface area (Å²) in [7, 11) is 0. The van der Waals surface area contributed by atoms with Gasteiger partial charge in [0, 0.05) is 6.92 Å². The maximum atomic E-state index is 11.1. The zero-order chi connectivity index (χ0) is 17.1. The van der Waals surface area contributed by atoms with Crippen molar-refractivity contribution in [3.63, 3.8) is 0 Å². The van der Waals surface area contributed by atoms with Crippen LogP contribution in [-0.4, -0.2) is 5.97 Å². The summed E-state index contributed by atoms with van der Waals surface area (Å²) in [6.07, 6.45) is 11.3. The average molecular weight is 319 g/mol. The van der Waals surface area contributed by atoms with Crippen molar-refractivity contribution in [2.45, 2.75) is 90.9 Å². The first kappa shape index (κ1) is 19.7. The van der Waals surface area contributed by atoms with E-state index in [1.165, 1.54) is 70.3 Å². The predicted molar refractivity (Wildman–Crippen MR) is 98.0 cm³/mol. The Hall–Kier alpha value is -1.31. The molecular weight excluding hydrogens is 284 g/mol. The van der Waals surface area contributed by atoms with Crippen molar-refractivity contribution in [1.29, 1.82) is 0 Å². The molecule has 23 heavy (non-hydrogen) atoms. The van der Waals surface area contributed by atoms with Gasteiger partial charge in [0.2, 0.25) is 0 Å². The molecule has 130 valence electrons. The van der Waals surface area contributed by atoms with Gasteiger partial charge in [-0.15, -0.1) is 0 Å². The molecule has 0 amide bonds. The lowest BCUT2D eigenvalue weighted by Crippen LogP contribution is -2.26. The second kappa shape index (κ2) is 10.5.